The van der Waals surface area contributed by atoms with Crippen LogP contribution in [0.5, 0.6) is 0 Å². The summed E-state index contributed by atoms with van der Waals surface area (Å²) in [6.45, 7) is 0. The number of nitrogens with zero attached hydrogens (tertiary/aromatic N) is 2. The van der Waals surface area contributed by atoms with Crippen molar-refractivity contribution in [2.45, 2.75) is 31.7 Å². The molecular formula is C15H16N4. The molecule has 1 aromatic heterocycles. The smallest absolute Gasteiger partial charge is 0.103 e. The van der Waals surface area contributed by atoms with Crippen LogP contribution in [0, 0.1) is 11.3 Å². The van der Waals surface area contributed by atoms with Crippen LogP contribution >= 0.6 is 0 Å². The van der Waals surface area contributed by atoms with Crippen molar-refractivity contribution in [3.8, 4) is 6.07 Å². The molecule has 3 N–H and O–H groups in total. The SMILES string of the molecule is N#Cc1cnc2ccc(N)cc2c1NC1CCCC1. The molecule has 0 saturated heterocycles. The van der Waals surface area contributed by atoms with E-state index in [1.807, 2.05) is 18.2 Å². The van der Waals surface area contributed by atoms with Crippen LogP contribution in [0.4, 0.5) is 11.4 Å². The van der Waals surface area contributed by atoms with Crippen LogP contribution in [0.2, 0.25) is 0 Å². The number of benzene rings is 1. The maximum atomic E-state index is 9.26. The molecule has 1 aliphatic carbocycles. The summed E-state index contributed by atoms with van der Waals surface area (Å²) in [5.74, 6) is 0. The number of nitriles is 1. The van der Waals surface area contributed by atoms with Gasteiger partial charge >= 0.3 is 0 Å². The Labute approximate surface area is 112 Å². The molecule has 1 fully saturated rings. The second-order valence-corrected chi connectivity index (χ2v) is 5.06. The number of aromatic nitrogens is 1. The van der Waals surface area contributed by atoms with Crippen LogP contribution in [-0.2, 0) is 0 Å². The van der Waals surface area contributed by atoms with E-state index in [9.17, 15) is 5.26 Å². The molecule has 0 unspecified atom stereocenters. The standard InChI is InChI=1S/C15H16N4/c16-8-10-9-18-14-6-5-11(17)7-13(14)15(10)19-12-3-1-2-4-12/h5-7,9,12H,1-4,17H2,(H,18,19). The summed E-state index contributed by atoms with van der Waals surface area (Å²) < 4.78 is 0. The number of hydrogen-bond acceptors (Lipinski definition) is 4. The lowest BCUT2D eigenvalue weighted by Crippen LogP contribution is -2.16. The zero-order valence-corrected chi connectivity index (χ0v) is 10.7. The Bertz CT molecular complexity index is 651. The van der Waals surface area contributed by atoms with E-state index >= 15 is 0 Å². The van der Waals surface area contributed by atoms with Crippen molar-refractivity contribution >= 4 is 22.3 Å². The minimum absolute atomic E-state index is 0.458. The number of nitrogens with two attached hydrogens (primary N) is 1. The van der Waals surface area contributed by atoms with Gasteiger partial charge in [0.25, 0.3) is 0 Å². The van der Waals surface area contributed by atoms with Gasteiger partial charge in [-0.3, -0.25) is 4.98 Å². The normalized spacial score (nSPS) is 15.5. The van der Waals surface area contributed by atoms with E-state index in [4.69, 9.17) is 5.73 Å². The Morgan fingerprint density at radius 1 is 1.32 bits per heavy atom. The fraction of sp³-hybridized carbons (Fsp3) is 0.333. The first-order valence-corrected chi connectivity index (χ1v) is 6.63. The summed E-state index contributed by atoms with van der Waals surface area (Å²) in [6, 6.07) is 8.29. The predicted molar refractivity (Wildman–Crippen MR) is 76.7 cm³/mol. The first-order valence-electron chi connectivity index (χ1n) is 6.63. The van der Waals surface area contributed by atoms with Gasteiger partial charge in [0.15, 0.2) is 0 Å². The lowest BCUT2D eigenvalue weighted by Gasteiger charge is -2.16. The molecule has 1 aliphatic rings. The molecule has 4 nitrogen and oxygen atoms in total. The zero-order chi connectivity index (χ0) is 13.2. The maximum Gasteiger partial charge on any atom is 0.103 e. The van der Waals surface area contributed by atoms with Crippen LogP contribution < -0.4 is 11.1 Å². The van der Waals surface area contributed by atoms with Crippen LogP contribution in [0.3, 0.4) is 0 Å². The Morgan fingerprint density at radius 3 is 2.84 bits per heavy atom. The molecule has 0 bridgehead atoms. The lowest BCUT2D eigenvalue weighted by atomic mass is 10.1. The molecule has 4 heteroatoms. The highest BCUT2D eigenvalue weighted by Gasteiger charge is 2.18. The Balaban J connectivity index is 2.12. The van der Waals surface area contributed by atoms with Crippen LogP contribution in [0.15, 0.2) is 24.4 Å². The molecule has 1 aromatic carbocycles. The molecule has 1 heterocycles. The number of pyridine rings is 1. The molecule has 1 saturated carbocycles. The largest absolute Gasteiger partial charge is 0.399 e. The summed E-state index contributed by atoms with van der Waals surface area (Å²) in [5.41, 5.74) is 8.89. The molecule has 0 spiro atoms. The van der Waals surface area contributed by atoms with Crippen LogP contribution in [0.1, 0.15) is 31.2 Å². The Morgan fingerprint density at radius 2 is 2.11 bits per heavy atom. The average molecular weight is 252 g/mol. The topological polar surface area (TPSA) is 74.7 Å². The van der Waals surface area contributed by atoms with Gasteiger partial charge < -0.3 is 11.1 Å². The third kappa shape index (κ3) is 2.19. The third-order valence-electron chi connectivity index (χ3n) is 3.72. The third-order valence-corrected chi connectivity index (χ3v) is 3.72. The molecule has 19 heavy (non-hydrogen) atoms. The minimum atomic E-state index is 0.458. The highest BCUT2D eigenvalue weighted by atomic mass is 14.9. The summed E-state index contributed by atoms with van der Waals surface area (Å²) >= 11 is 0. The monoisotopic (exact) mass is 252 g/mol. The summed E-state index contributed by atoms with van der Waals surface area (Å²) in [4.78, 5) is 4.31. The number of fused-ring (bicyclic) bond motifs is 1. The van der Waals surface area contributed by atoms with Gasteiger partial charge in [0, 0.05) is 23.3 Å². The van der Waals surface area contributed by atoms with E-state index < -0.39 is 0 Å². The zero-order valence-electron chi connectivity index (χ0n) is 10.7. The minimum Gasteiger partial charge on any atom is -0.399 e. The van der Waals surface area contributed by atoms with Crippen LogP contribution in [-0.4, -0.2) is 11.0 Å². The molecule has 0 radical (unpaired) electrons. The molecular weight excluding hydrogens is 236 g/mol. The Kier molecular flexibility index (Phi) is 2.96. The average Bonchev–Trinajstić information content (AvgIpc) is 2.92. The molecule has 2 aromatic rings. The van der Waals surface area contributed by atoms with E-state index in [2.05, 4.69) is 16.4 Å². The van der Waals surface area contributed by atoms with Gasteiger partial charge in [-0.2, -0.15) is 5.26 Å². The van der Waals surface area contributed by atoms with Crippen molar-refractivity contribution in [3.63, 3.8) is 0 Å². The van der Waals surface area contributed by atoms with Gasteiger partial charge in [-0.05, 0) is 31.0 Å². The fourth-order valence-electron chi connectivity index (χ4n) is 2.72. The maximum absolute atomic E-state index is 9.26. The molecule has 0 atom stereocenters. The summed E-state index contributed by atoms with van der Waals surface area (Å²) in [6.07, 6.45) is 6.47. The second-order valence-electron chi connectivity index (χ2n) is 5.06. The van der Waals surface area contributed by atoms with Gasteiger partial charge in [0.1, 0.15) is 6.07 Å². The van der Waals surface area contributed by atoms with Gasteiger partial charge in [-0.25, -0.2) is 0 Å². The van der Waals surface area contributed by atoms with Gasteiger partial charge in [-0.15, -0.1) is 0 Å². The predicted octanol–water partition coefficient (Wildman–Crippen LogP) is 3.04. The number of hydrogen-bond donors (Lipinski definition) is 2. The van der Waals surface area contributed by atoms with E-state index in [1.165, 1.54) is 12.8 Å². The molecule has 96 valence electrons. The van der Waals surface area contributed by atoms with E-state index in [0.29, 0.717) is 17.3 Å². The first kappa shape index (κ1) is 11.8. The highest BCUT2D eigenvalue weighted by Crippen LogP contribution is 2.30. The van der Waals surface area contributed by atoms with Crippen molar-refractivity contribution in [2.75, 3.05) is 11.1 Å². The molecule has 3 rings (SSSR count). The number of nitrogens with one attached hydrogen (secondary N) is 1. The number of anilines is 2. The van der Waals surface area contributed by atoms with Gasteiger partial charge in [0.2, 0.25) is 0 Å². The van der Waals surface area contributed by atoms with Crippen LogP contribution in [0.25, 0.3) is 10.9 Å². The highest BCUT2D eigenvalue weighted by molar-refractivity contribution is 5.95. The summed E-state index contributed by atoms with van der Waals surface area (Å²) in [5, 5.41) is 13.7. The van der Waals surface area contributed by atoms with E-state index in [-0.39, 0.29) is 0 Å². The summed E-state index contributed by atoms with van der Waals surface area (Å²) in [7, 11) is 0. The van der Waals surface area contributed by atoms with E-state index in [1.54, 1.807) is 6.20 Å². The van der Waals surface area contributed by atoms with Crippen molar-refractivity contribution in [1.82, 2.24) is 4.98 Å². The number of nitrogen functional groups attached to an aromatic ring is 1. The van der Waals surface area contributed by atoms with Gasteiger partial charge in [-0.1, -0.05) is 12.8 Å². The fourth-order valence-corrected chi connectivity index (χ4v) is 2.72. The Hall–Kier alpha value is -2.28. The second kappa shape index (κ2) is 4.77. The van der Waals surface area contributed by atoms with E-state index in [0.717, 1.165) is 29.4 Å². The molecule has 0 aliphatic heterocycles. The van der Waals surface area contributed by atoms with Crippen molar-refractivity contribution < 1.29 is 0 Å². The first-order chi connectivity index (χ1) is 9.28. The van der Waals surface area contributed by atoms with Crippen molar-refractivity contribution in [3.05, 3.63) is 30.0 Å². The quantitative estimate of drug-likeness (QED) is 0.805. The van der Waals surface area contributed by atoms with Gasteiger partial charge in [0.05, 0.1) is 16.8 Å². The molecule has 0 amide bonds. The van der Waals surface area contributed by atoms with Crippen molar-refractivity contribution in [1.29, 1.82) is 5.26 Å². The lowest BCUT2D eigenvalue weighted by molar-refractivity contribution is 0.756. The number of rotatable bonds is 2. The van der Waals surface area contributed by atoms with Crippen molar-refractivity contribution in [2.24, 2.45) is 0 Å².